The van der Waals surface area contributed by atoms with Crippen LogP contribution < -0.4 is 10.5 Å². The molecule has 0 heterocycles. The SMILES string of the molecule is CCCOc1ccccc1C(N)CCC1CCCC1. The van der Waals surface area contributed by atoms with Crippen molar-refractivity contribution < 1.29 is 4.74 Å². The first kappa shape index (κ1) is 14.4. The van der Waals surface area contributed by atoms with E-state index in [0.29, 0.717) is 0 Å². The first-order chi connectivity index (χ1) is 9.31. The Morgan fingerprint density at radius 2 is 2.00 bits per heavy atom. The third-order valence-corrected chi connectivity index (χ3v) is 4.14. The Labute approximate surface area is 117 Å². The summed E-state index contributed by atoms with van der Waals surface area (Å²) in [7, 11) is 0. The predicted octanol–water partition coefficient (Wildman–Crippen LogP) is 4.45. The minimum Gasteiger partial charge on any atom is -0.493 e. The zero-order valence-electron chi connectivity index (χ0n) is 12.1. The molecule has 1 atom stereocenters. The lowest BCUT2D eigenvalue weighted by atomic mass is 9.95. The largest absolute Gasteiger partial charge is 0.493 e. The van der Waals surface area contributed by atoms with Gasteiger partial charge in [0.2, 0.25) is 0 Å². The predicted molar refractivity (Wildman–Crippen MR) is 80.3 cm³/mol. The molecule has 0 radical (unpaired) electrons. The average molecular weight is 261 g/mol. The van der Waals surface area contributed by atoms with Crippen LogP contribution in [-0.2, 0) is 0 Å². The van der Waals surface area contributed by atoms with E-state index in [2.05, 4.69) is 19.1 Å². The highest BCUT2D eigenvalue weighted by molar-refractivity contribution is 5.35. The highest BCUT2D eigenvalue weighted by atomic mass is 16.5. The van der Waals surface area contributed by atoms with Gasteiger partial charge in [0.1, 0.15) is 5.75 Å². The third kappa shape index (κ3) is 4.24. The minimum atomic E-state index is 0.119. The molecule has 0 saturated heterocycles. The Morgan fingerprint density at radius 3 is 2.74 bits per heavy atom. The minimum absolute atomic E-state index is 0.119. The van der Waals surface area contributed by atoms with Gasteiger partial charge in [-0.2, -0.15) is 0 Å². The molecule has 1 fully saturated rings. The van der Waals surface area contributed by atoms with Gasteiger partial charge in [0, 0.05) is 11.6 Å². The summed E-state index contributed by atoms with van der Waals surface area (Å²) in [6, 6.07) is 8.36. The second-order valence-corrected chi connectivity index (χ2v) is 5.72. The molecule has 0 spiro atoms. The molecule has 1 aliphatic rings. The molecule has 1 unspecified atom stereocenters. The maximum atomic E-state index is 6.37. The van der Waals surface area contributed by atoms with Gasteiger partial charge in [-0.25, -0.2) is 0 Å². The van der Waals surface area contributed by atoms with E-state index in [4.69, 9.17) is 10.5 Å². The summed E-state index contributed by atoms with van der Waals surface area (Å²) in [6.07, 6.45) is 9.01. The fraction of sp³-hybridized carbons (Fsp3) is 0.647. The highest BCUT2D eigenvalue weighted by Crippen LogP contribution is 2.32. The molecule has 0 amide bonds. The molecule has 2 nitrogen and oxygen atoms in total. The fourth-order valence-corrected chi connectivity index (χ4v) is 3.00. The molecule has 106 valence electrons. The smallest absolute Gasteiger partial charge is 0.124 e. The zero-order valence-corrected chi connectivity index (χ0v) is 12.1. The lowest BCUT2D eigenvalue weighted by Gasteiger charge is -2.18. The molecule has 19 heavy (non-hydrogen) atoms. The molecule has 1 saturated carbocycles. The molecular formula is C17H27NO. The van der Waals surface area contributed by atoms with Gasteiger partial charge in [0.15, 0.2) is 0 Å². The summed E-state index contributed by atoms with van der Waals surface area (Å²) < 4.78 is 5.80. The van der Waals surface area contributed by atoms with Crippen molar-refractivity contribution in [3.63, 3.8) is 0 Å². The Balaban J connectivity index is 1.91. The lowest BCUT2D eigenvalue weighted by Crippen LogP contribution is -2.13. The van der Waals surface area contributed by atoms with Crippen molar-refractivity contribution in [2.75, 3.05) is 6.61 Å². The van der Waals surface area contributed by atoms with Gasteiger partial charge in [-0.15, -0.1) is 0 Å². The molecule has 2 rings (SSSR count). The van der Waals surface area contributed by atoms with Crippen LogP contribution in [0, 0.1) is 5.92 Å². The molecule has 0 aliphatic heterocycles. The van der Waals surface area contributed by atoms with Crippen LogP contribution in [-0.4, -0.2) is 6.61 Å². The molecule has 1 aromatic carbocycles. The molecule has 1 aromatic rings. The van der Waals surface area contributed by atoms with Crippen LogP contribution in [0.15, 0.2) is 24.3 Å². The van der Waals surface area contributed by atoms with Crippen LogP contribution in [0.3, 0.4) is 0 Å². The van der Waals surface area contributed by atoms with Gasteiger partial charge in [-0.3, -0.25) is 0 Å². The first-order valence-corrected chi connectivity index (χ1v) is 7.78. The first-order valence-electron chi connectivity index (χ1n) is 7.78. The summed E-state index contributed by atoms with van der Waals surface area (Å²) in [6.45, 7) is 2.90. The van der Waals surface area contributed by atoms with Crippen molar-refractivity contribution >= 4 is 0 Å². The van der Waals surface area contributed by atoms with Crippen molar-refractivity contribution in [1.82, 2.24) is 0 Å². The van der Waals surface area contributed by atoms with Gasteiger partial charge < -0.3 is 10.5 Å². The number of hydrogen-bond acceptors (Lipinski definition) is 2. The Hall–Kier alpha value is -1.02. The summed E-state index contributed by atoms with van der Waals surface area (Å²) >= 11 is 0. The molecule has 0 aromatic heterocycles. The van der Waals surface area contributed by atoms with E-state index in [-0.39, 0.29) is 6.04 Å². The molecule has 1 aliphatic carbocycles. The van der Waals surface area contributed by atoms with Gasteiger partial charge >= 0.3 is 0 Å². The van der Waals surface area contributed by atoms with Crippen LogP contribution in [0.1, 0.15) is 63.5 Å². The number of hydrogen-bond donors (Lipinski definition) is 1. The monoisotopic (exact) mass is 261 g/mol. The molecular weight excluding hydrogens is 234 g/mol. The van der Waals surface area contributed by atoms with Crippen molar-refractivity contribution in [2.45, 2.75) is 57.9 Å². The van der Waals surface area contributed by atoms with Crippen molar-refractivity contribution in [3.8, 4) is 5.75 Å². The summed E-state index contributed by atoms with van der Waals surface area (Å²) in [5.74, 6) is 1.89. The van der Waals surface area contributed by atoms with E-state index in [1.807, 2.05) is 12.1 Å². The van der Waals surface area contributed by atoms with Crippen molar-refractivity contribution in [1.29, 1.82) is 0 Å². The van der Waals surface area contributed by atoms with Gasteiger partial charge in [0.05, 0.1) is 6.61 Å². The van der Waals surface area contributed by atoms with Crippen LogP contribution in [0.25, 0.3) is 0 Å². The quantitative estimate of drug-likeness (QED) is 0.787. The number of benzene rings is 1. The van der Waals surface area contributed by atoms with Gasteiger partial charge in [0.25, 0.3) is 0 Å². The Morgan fingerprint density at radius 1 is 1.26 bits per heavy atom. The second kappa shape index (κ2) is 7.54. The normalized spacial score (nSPS) is 17.6. The topological polar surface area (TPSA) is 35.2 Å². The van der Waals surface area contributed by atoms with Crippen LogP contribution in [0.4, 0.5) is 0 Å². The molecule has 0 bridgehead atoms. The second-order valence-electron chi connectivity index (χ2n) is 5.72. The summed E-state index contributed by atoms with van der Waals surface area (Å²) in [5.41, 5.74) is 7.54. The number of ether oxygens (including phenoxy) is 1. The molecule has 2 N–H and O–H groups in total. The number of para-hydroxylation sites is 1. The fourth-order valence-electron chi connectivity index (χ4n) is 3.00. The Bertz CT molecular complexity index is 371. The van der Waals surface area contributed by atoms with E-state index >= 15 is 0 Å². The van der Waals surface area contributed by atoms with Crippen LogP contribution >= 0.6 is 0 Å². The third-order valence-electron chi connectivity index (χ3n) is 4.14. The highest BCUT2D eigenvalue weighted by Gasteiger charge is 2.18. The summed E-state index contributed by atoms with van der Waals surface area (Å²) in [5, 5.41) is 0. The van der Waals surface area contributed by atoms with Gasteiger partial charge in [-0.1, -0.05) is 50.8 Å². The van der Waals surface area contributed by atoms with E-state index in [0.717, 1.165) is 31.1 Å². The lowest BCUT2D eigenvalue weighted by molar-refractivity contribution is 0.310. The van der Waals surface area contributed by atoms with E-state index in [1.54, 1.807) is 0 Å². The summed E-state index contributed by atoms with van der Waals surface area (Å²) in [4.78, 5) is 0. The van der Waals surface area contributed by atoms with Gasteiger partial charge in [-0.05, 0) is 31.2 Å². The zero-order chi connectivity index (χ0) is 13.5. The average Bonchev–Trinajstić information content (AvgIpc) is 2.96. The maximum absolute atomic E-state index is 6.37. The standard InChI is InChI=1S/C17H27NO/c1-2-13-19-17-10-6-5-9-15(17)16(18)12-11-14-7-3-4-8-14/h5-6,9-10,14,16H,2-4,7-8,11-13,18H2,1H3. The van der Waals surface area contributed by atoms with Crippen molar-refractivity contribution in [3.05, 3.63) is 29.8 Å². The maximum Gasteiger partial charge on any atom is 0.124 e. The number of rotatable bonds is 7. The number of nitrogens with two attached hydrogens (primary N) is 1. The van der Waals surface area contributed by atoms with Crippen LogP contribution in [0.5, 0.6) is 5.75 Å². The van der Waals surface area contributed by atoms with E-state index < -0.39 is 0 Å². The molecule has 2 heteroatoms. The Kier molecular flexibility index (Phi) is 5.71. The van der Waals surface area contributed by atoms with E-state index in [1.165, 1.54) is 37.7 Å². The van der Waals surface area contributed by atoms with E-state index in [9.17, 15) is 0 Å². The van der Waals surface area contributed by atoms with Crippen LogP contribution in [0.2, 0.25) is 0 Å². The van der Waals surface area contributed by atoms with Crippen molar-refractivity contribution in [2.24, 2.45) is 11.7 Å².